The van der Waals surface area contributed by atoms with Crippen molar-refractivity contribution in [2.24, 2.45) is 0 Å². The second-order valence-corrected chi connectivity index (χ2v) is 3.73. The summed E-state index contributed by atoms with van der Waals surface area (Å²) in [5.74, 6) is 0. The number of hydrogen-bond acceptors (Lipinski definition) is 1. The molecule has 0 heterocycles. The molecule has 0 amide bonds. The van der Waals surface area contributed by atoms with Crippen molar-refractivity contribution in [2.75, 3.05) is 7.11 Å². The van der Waals surface area contributed by atoms with Crippen molar-refractivity contribution in [1.82, 2.24) is 0 Å². The van der Waals surface area contributed by atoms with E-state index in [-0.39, 0.29) is 6.42 Å². The summed E-state index contributed by atoms with van der Waals surface area (Å²) in [6, 6.07) is 7.44. The first-order valence-corrected chi connectivity index (χ1v) is 5.09. The lowest BCUT2D eigenvalue weighted by molar-refractivity contribution is -0.214. The van der Waals surface area contributed by atoms with E-state index in [1.165, 1.54) is 0 Å². The average molecular weight is 232 g/mol. The van der Waals surface area contributed by atoms with Crippen molar-refractivity contribution in [2.45, 2.75) is 32.0 Å². The van der Waals surface area contributed by atoms with E-state index in [0.29, 0.717) is 6.42 Å². The summed E-state index contributed by atoms with van der Waals surface area (Å²) in [6.07, 6.45) is -5.61. The summed E-state index contributed by atoms with van der Waals surface area (Å²) in [6.45, 7) is 1.89. The lowest BCUT2D eigenvalue weighted by Crippen LogP contribution is -2.31. The standard InChI is InChI=1S/C12H15F3O/c1-9-5-3-4-6-10(9)7-8-11(16-2)12(13,14)15/h3-6,11H,7-8H2,1-2H3. The lowest BCUT2D eigenvalue weighted by atomic mass is 10.0. The minimum absolute atomic E-state index is 0.0369. The van der Waals surface area contributed by atoms with Gasteiger partial charge in [0.2, 0.25) is 0 Å². The maximum atomic E-state index is 12.4. The summed E-state index contributed by atoms with van der Waals surface area (Å²) < 4.78 is 41.6. The number of alkyl halides is 3. The third-order valence-electron chi connectivity index (χ3n) is 2.59. The van der Waals surface area contributed by atoms with Crippen molar-refractivity contribution >= 4 is 0 Å². The van der Waals surface area contributed by atoms with E-state index in [2.05, 4.69) is 4.74 Å². The van der Waals surface area contributed by atoms with Crippen LogP contribution >= 0.6 is 0 Å². The van der Waals surface area contributed by atoms with E-state index in [1.807, 2.05) is 31.2 Å². The largest absolute Gasteiger partial charge is 0.414 e. The lowest BCUT2D eigenvalue weighted by Gasteiger charge is -2.18. The van der Waals surface area contributed by atoms with Crippen LogP contribution in [0, 0.1) is 6.92 Å². The molecule has 0 spiro atoms. The fraction of sp³-hybridized carbons (Fsp3) is 0.500. The Hall–Kier alpha value is -1.03. The predicted molar refractivity (Wildman–Crippen MR) is 56.4 cm³/mol. The first-order chi connectivity index (χ1) is 7.45. The third kappa shape index (κ3) is 3.52. The number of aryl methyl sites for hydroxylation is 2. The molecule has 0 radical (unpaired) electrons. The Morgan fingerprint density at radius 1 is 1.25 bits per heavy atom. The Labute approximate surface area is 93.2 Å². The summed E-state index contributed by atoms with van der Waals surface area (Å²) in [5, 5.41) is 0. The van der Waals surface area contributed by atoms with Gasteiger partial charge in [0.15, 0.2) is 6.10 Å². The van der Waals surface area contributed by atoms with Crippen LogP contribution in [0.5, 0.6) is 0 Å². The van der Waals surface area contributed by atoms with Crippen molar-refractivity contribution in [3.63, 3.8) is 0 Å². The molecule has 0 bridgehead atoms. The first-order valence-electron chi connectivity index (χ1n) is 5.09. The molecule has 0 saturated heterocycles. The molecule has 1 rings (SSSR count). The Balaban J connectivity index is 2.60. The van der Waals surface area contributed by atoms with Crippen molar-refractivity contribution in [3.05, 3.63) is 35.4 Å². The van der Waals surface area contributed by atoms with Crippen LogP contribution < -0.4 is 0 Å². The molecule has 0 aliphatic heterocycles. The topological polar surface area (TPSA) is 9.23 Å². The Bertz CT molecular complexity index is 333. The highest BCUT2D eigenvalue weighted by molar-refractivity contribution is 5.25. The van der Waals surface area contributed by atoms with Crippen LogP contribution in [0.25, 0.3) is 0 Å². The average Bonchev–Trinajstić information content (AvgIpc) is 2.19. The van der Waals surface area contributed by atoms with Crippen LogP contribution in [0.4, 0.5) is 13.2 Å². The number of ether oxygens (including phenoxy) is 1. The zero-order chi connectivity index (χ0) is 12.2. The minimum atomic E-state index is -4.28. The van der Waals surface area contributed by atoms with Gasteiger partial charge in [-0.1, -0.05) is 24.3 Å². The molecule has 0 N–H and O–H groups in total. The molecule has 0 aliphatic carbocycles. The van der Waals surface area contributed by atoms with Crippen LogP contribution in [0.1, 0.15) is 17.5 Å². The molecular weight excluding hydrogens is 217 g/mol. The molecule has 0 aliphatic rings. The normalized spacial score (nSPS) is 13.8. The molecule has 1 aromatic carbocycles. The number of benzene rings is 1. The van der Waals surface area contributed by atoms with Gasteiger partial charge >= 0.3 is 6.18 Å². The van der Waals surface area contributed by atoms with Crippen LogP contribution in [-0.4, -0.2) is 19.4 Å². The molecular formula is C12H15F3O. The van der Waals surface area contributed by atoms with Gasteiger partial charge in [-0.2, -0.15) is 13.2 Å². The molecule has 1 unspecified atom stereocenters. The Morgan fingerprint density at radius 2 is 1.88 bits per heavy atom. The van der Waals surface area contributed by atoms with E-state index in [0.717, 1.165) is 18.2 Å². The van der Waals surface area contributed by atoms with E-state index >= 15 is 0 Å². The van der Waals surface area contributed by atoms with E-state index < -0.39 is 12.3 Å². The van der Waals surface area contributed by atoms with Gasteiger partial charge in [0.25, 0.3) is 0 Å². The quantitative estimate of drug-likeness (QED) is 0.772. The number of rotatable bonds is 4. The van der Waals surface area contributed by atoms with E-state index in [1.54, 1.807) is 0 Å². The Morgan fingerprint density at radius 3 is 2.38 bits per heavy atom. The van der Waals surface area contributed by atoms with Crippen LogP contribution in [0.15, 0.2) is 24.3 Å². The van der Waals surface area contributed by atoms with Crippen molar-refractivity contribution < 1.29 is 17.9 Å². The molecule has 90 valence electrons. The van der Waals surface area contributed by atoms with Gasteiger partial charge in [-0.05, 0) is 30.9 Å². The second-order valence-electron chi connectivity index (χ2n) is 3.73. The highest BCUT2D eigenvalue weighted by atomic mass is 19.4. The maximum absolute atomic E-state index is 12.4. The highest BCUT2D eigenvalue weighted by Crippen LogP contribution is 2.26. The molecule has 4 heteroatoms. The molecule has 0 aromatic heterocycles. The van der Waals surface area contributed by atoms with Crippen LogP contribution in [0.2, 0.25) is 0 Å². The first kappa shape index (κ1) is 13.0. The summed E-state index contributed by atoms with van der Waals surface area (Å²) in [7, 11) is 1.09. The Kier molecular flexibility index (Phi) is 4.35. The van der Waals surface area contributed by atoms with Gasteiger partial charge in [-0.3, -0.25) is 0 Å². The zero-order valence-corrected chi connectivity index (χ0v) is 9.34. The zero-order valence-electron chi connectivity index (χ0n) is 9.34. The molecule has 0 fully saturated rings. The van der Waals surface area contributed by atoms with Crippen LogP contribution in [0.3, 0.4) is 0 Å². The van der Waals surface area contributed by atoms with Crippen molar-refractivity contribution in [3.8, 4) is 0 Å². The van der Waals surface area contributed by atoms with Gasteiger partial charge in [-0.25, -0.2) is 0 Å². The van der Waals surface area contributed by atoms with Gasteiger partial charge in [0.05, 0.1) is 0 Å². The summed E-state index contributed by atoms with van der Waals surface area (Å²) >= 11 is 0. The SMILES string of the molecule is COC(CCc1ccccc1C)C(F)(F)F. The van der Waals surface area contributed by atoms with Gasteiger partial charge in [0, 0.05) is 7.11 Å². The molecule has 1 atom stereocenters. The van der Waals surface area contributed by atoms with E-state index in [9.17, 15) is 13.2 Å². The van der Waals surface area contributed by atoms with E-state index in [4.69, 9.17) is 0 Å². The molecule has 0 saturated carbocycles. The second kappa shape index (κ2) is 5.34. The maximum Gasteiger partial charge on any atom is 0.414 e. The minimum Gasteiger partial charge on any atom is -0.372 e. The predicted octanol–water partition coefficient (Wildman–Crippen LogP) is 3.50. The number of methoxy groups -OCH3 is 1. The number of hydrogen-bond donors (Lipinski definition) is 0. The number of halogens is 3. The van der Waals surface area contributed by atoms with Gasteiger partial charge in [0.1, 0.15) is 0 Å². The molecule has 1 nitrogen and oxygen atoms in total. The van der Waals surface area contributed by atoms with Crippen LogP contribution in [-0.2, 0) is 11.2 Å². The summed E-state index contributed by atoms with van der Waals surface area (Å²) in [4.78, 5) is 0. The fourth-order valence-electron chi connectivity index (χ4n) is 1.59. The van der Waals surface area contributed by atoms with Crippen molar-refractivity contribution in [1.29, 1.82) is 0 Å². The smallest absolute Gasteiger partial charge is 0.372 e. The highest BCUT2D eigenvalue weighted by Gasteiger charge is 2.39. The summed E-state index contributed by atoms with van der Waals surface area (Å²) in [5.41, 5.74) is 1.95. The fourth-order valence-corrected chi connectivity index (χ4v) is 1.59. The third-order valence-corrected chi connectivity index (χ3v) is 2.59. The monoisotopic (exact) mass is 232 g/mol. The van der Waals surface area contributed by atoms with Gasteiger partial charge < -0.3 is 4.74 Å². The molecule has 16 heavy (non-hydrogen) atoms. The van der Waals surface area contributed by atoms with Gasteiger partial charge in [-0.15, -0.1) is 0 Å². The molecule has 1 aromatic rings.